The van der Waals surface area contributed by atoms with Gasteiger partial charge in [0.05, 0.1) is 0 Å². The van der Waals surface area contributed by atoms with E-state index < -0.39 is 0 Å². The number of H-pyrrole nitrogens is 1. The van der Waals surface area contributed by atoms with Crippen molar-refractivity contribution in [2.75, 3.05) is 6.54 Å². The third-order valence-corrected chi connectivity index (χ3v) is 3.85. The fourth-order valence-electron chi connectivity index (χ4n) is 2.80. The molecule has 3 heteroatoms. The van der Waals surface area contributed by atoms with E-state index in [9.17, 15) is 0 Å². The molecule has 1 aromatic heterocycles. The minimum absolute atomic E-state index is 0. The fourth-order valence-corrected chi connectivity index (χ4v) is 2.97. The molecule has 2 aromatic rings. The monoisotopic (exact) mass is 264 g/mol. The van der Waals surface area contributed by atoms with Crippen LogP contribution in [0, 0.1) is 5.92 Å². The molecule has 1 aliphatic rings. The van der Waals surface area contributed by atoms with Crippen LogP contribution in [0.3, 0.4) is 0 Å². The van der Waals surface area contributed by atoms with Crippen molar-refractivity contribution in [1.29, 1.82) is 0 Å². The number of fused-ring (bicyclic) bond motifs is 3. The lowest BCUT2D eigenvalue weighted by Crippen LogP contribution is -2.32. The first-order valence-electron chi connectivity index (χ1n) is 6.20. The molecule has 1 atom stereocenters. The molecule has 2 nitrogen and oxygen atoms in total. The summed E-state index contributed by atoms with van der Waals surface area (Å²) in [4.78, 5) is 3.55. The molecule has 0 bridgehead atoms. The maximum absolute atomic E-state index is 6.09. The number of benzene rings is 1. The van der Waals surface area contributed by atoms with Gasteiger partial charge in [0.2, 0.25) is 0 Å². The van der Waals surface area contributed by atoms with Crippen LogP contribution in [0.5, 0.6) is 0 Å². The standard InChI is InChI=1S/C14H17ClN2.CH4/c1-8(2)13-14-10(5-6-16-13)11-7-9(15)3-4-12(11)17-14;/h3-4,7-8,13,16-17H,5-6H2,1-2H3;1H4. The first-order chi connectivity index (χ1) is 8.16. The number of hydrogen-bond acceptors (Lipinski definition) is 1. The molecule has 0 spiro atoms. The van der Waals surface area contributed by atoms with Crippen LogP contribution in [0.15, 0.2) is 18.2 Å². The molecule has 18 heavy (non-hydrogen) atoms. The molecule has 0 amide bonds. The van der Waals surface area contributed by atoms with Gasteiger partial charge in [-0.25, -0.2) is 0 Å². The molecule has 0 fully saturated rings. The second-order valence-electron chi connectivity index (χ2n) is 5.13. The summed E-state index contributed by atoms with van der Waals surface area (Å²) in [6.07, 6.45) is 1.08. The van der Waals surface area contributed by atoms with E-state index >= 15 is 0 Å². The van der Waals surface area contributed by atoms with Crippen LogP contribution in [0.1, 0.15) is 38.6 Å². The highest BCUT2D eigenvalue weighted by Crippen LogP contribution is 2.34. The Hall–Kier alpha value is -0.990. The third kappa shape index (κ3) is 2.04. The maximum Gasteiger partial charge on any atom is 0.0499 e. The molecule has 98 valence electrons. The summed E-state index contributed by atoms with van der Waals surface area (Å²) in [5.74, 6) is 0.595. The minimum Gasteiger partial charge on any atom is -0.357 e. The molecule has 0 radical (unpaired) electrons. The first kappa shape index (κ1) is 13.4. The Kier molecular flexibility index (Phi) is 3.69. The third-order valence-electron chi connectivity index (χ3n) is 3.62. The second kappa shape index (κ2) is 4.94. The number of nitrogens with one attached hydrogen (secondary N) is 2. The van der Waals surface area contributed by atoms with Crippen LogP contribution in [-0.2, 0) is 6.42 Å². The Morgan fingerprint density at radius 1 is 1.33 bits per heavy atom. The summed E-state index contributed by atoms with van der Waals surface area (Å²) in [5, 5.41) is 5.70. The summed E-state index contributed by atoms with van der Waals surface area (Å²) in [5.41, 5.74) is 4.00. The summed E-state index contributed by atoms with van der Waals surface area (Å²) < 4.78 is 0. The van der Waals surface area contributed by atoms with Crippen molar-refractivity contribution < 1.29 is 0 Å². The lowest BCUT2D eigenvalue weighted by Gasteiger charge is -2.27. The summed E-state index contributed by atoms with van der Waals surface area (Å²) in [7, 11) is 0. The minimum atomic E-state index is 0. The molecule has 1 unspecified atom stereocenters. The van der Waals surface area contributed by atoms with Gasteiger partial charge in [0.1, 0.15) is 0 Å². The largest absolute Gasteiger partial charge is 0.357 e. The van der Waals surface area contributed by atoms with E-state index in [0.29, 0.717) is 12.0 Å². The second-order valence-corrected chi connectivity index (χ2v) is 5.57. The van der Waals surface area contributed by atoms with Gasteiger partial charge in [-0.1, -0.05) is 32.9 Å². The van der Waals surface area contributed by atoms with Gasteiger partial charge in [-0.05, 0) is 42.6 Å². The highest BCUT2D eigenvalue weighted by molar-refractivity contribution is 6.31. The smallest absolute Gasteiger partial charge is 0.0499 e. The van der Waals surface area contributed by atoms with Gasteiger partial charge in [0.15, 0.2) is 0 Å². The SMILES string of the molecule is C.CC(C)C1NCCc2c1[nH]c1ccc(Cl)cc21. The van der Waals surface area contributed by atoms with Crippen LogP contribution >= 0.6 is 11.6 Å². The van der Waals surface area contributed by atoms with E-state index in [0.717, 1.165) is 18.0 Å². The average molecular weight is 265 g/mol. The lowest BCUT2D eigenvalue weighted by molar-refractivity contribution is 0.389. The number of aromatic nitrogens is 1. The maximum atomic E-state index is 6.09. The fraction of sp³-hybridized carbons (Fsp3) is 0.467. The molecule has 1 aromatic carbocycles. The van der Waals surface area contributed by atoms with Gasteiger partial charge in [-0.3, -0.25) is 0 Å². The summed E-state index contributed by atoms with van der Waals surface area (Å²) in [6, 6.07) is 6.54. The van der Waals surface area contributed by atoms with Gasteiger partial charge in [0, 0.05) is 27.7 Å². The predicted molar refractivity (Wildman–Crippen MR) is 79.3 cm³/mol. The van der Waals surface area contributed by atoms with Crippen molar-refractivity contribution in [3.05, 3.63) is 34.5 Å². The Bertz CT molecular complexity index is 557. The molecule has 2 heterocycles. The zero-order valence-corrected chi connectivity index (χ0v) is 10.9. The summed E-state index contributed by atoms with van der Waals surface area (Å²) in [6.45, 7) is 5.56. The van der Waals surface area contributed by atoms with Crippen molar-refractivity contribution in [3.63, 3.8) is 0 Å². The molecule has 0 aliphatic carbocycles. The van der Waals surface area contributed by atoms with Crippen LogP contribution in [0.25, 0.3) is 10.9 Å². The molecular formula is C15H21ClN2. The Morgan fingerprint density at radius 2 is 2.11 bits per heavy atom. The van der Waals surface area contributed by atoms with Gasteiger partial charge < -0.3 is 10.3 Å². The number of halogens is 1. The molecule has 0 saturated heterocycles. The van der Waals surface area contributed by atoms with Gasteiger partial charge in [-0.2, -0.15) is 0 Å². The Morgan fingerprint density at radius 3 is 2.83 bits per heavy atom. The highest BCUT2D eigenvalue weighted by Gasteiger charge is 2.25. The number of rotatable bonds is 1. The topological polar surface area (TPSA) is 27.8 Å². The van der Waals surface area contributed by atoms with Crippen LogP contribution in [-0.4, -0.2) is 11.5 Å². The molecular weight excluding hydrogens is 244 g/mol. The van der Waals surface area contributed by atoms with Crippen LogP contribution < -0.4 is 5.32 Å². The molecule has 0 saturated carbocycles. The van der Waals surface area contributed by atoms with E-state index in [4.69, 9.17) is 11.6 Å². The van der Waals surface area contributed by atoms with E-state index in [1.807, 2.05) is 6.07 Å². The number of hydrogen-bond donors (Lipinski definition) is 2. The normalized spacial score (nSPS) is 18.8. The quantitative estimate of drug-likeness (QED) is 0.790. The van der Waals surface area contributed by atoms with Crippen LogP contribution in [0.4, 0.5) is 0 Å². The Labute approximate surface area is 114 Å². The molecule has 3 rings (SSSR count). The zero-order chi connectivity index (χ0) is 12.0. The van der Waals surface area contributed by atoms with Crippen molar-refractivity contribution in [1.82, 2.24) is 10.3 Å². The highest BCUT2D eigenvalue weighted by atomic mass is 35.5. The van der Waals surface area contributed by atoms with Gasteiger partial charge in [0.25, 0.3) is 0 Å². The van der Waals surface area contributed by atoms with Gasteiger partial charge >= 0.3 is 0 Å². The lowest BCUT2D eigenvalue weighted by atomic mass is 9.92. The Balaban J connectivity index is 0.00000120. The first-order valence-corrected chi connectivity index (χ1v) is 6.58. The molecule has 2 N–H and O–H groups in total. The van der Waals surface area contributed by atoms with Crippen molar-refractivity contribution in [3.8, 4) is 0 Å². The molecule has 1 aliphatic heterocycles. The van der Waals surface area contributed by atoms with E-state index in [2.05, 4.69) is 36.3 Å². The summed E-state index contributed by atoms with van der Waals surface area (Å²) >= 11 is 6.09. The van der Waals surface area contributed by atoms with Crippen molar-refractivity contribution in [2.24, 2.45) is 5.92 Å². The van der Waals surface area contributed by atoms with E-state index in [-0.39, 0.29) is 7.43 Å². The van der Waals surface area contributed by atoms with Crippen molar-refractivity contribution >= 4 is 22.5 Å². The van der Waals surface area contributed by atoms with Crippen LogP contribution in [0.2, 0.25) is 5.02 Å². The predicted octanol–water partition coefficient (Wildman–Crippen LogP) is 4.30. The average Bonchev–Trinajstić information content (AvgIpc) is 2.66. The van der Waals surface area contributed by atoms with Gasteiger partial charge in [-0.15, -0.1) is 0 Å². The van der Waals surface area contributed by atoms with E-state index in [1.165, 1.54) is 22.2 Å². The van der Waals surface area contributed by atoms with Crippen molar-refractivity contribution in [2.45, 2.75) is 33.7 Å². The van der Waals surface area contributed by atoms with E-state index in [1.54, 1.807) is 0 Å². The zero-order valence-electron chi connectivity index (χ0n) is 10.2. The number of aromatic amines is 1.